The van der Waals surface area contributed by atoms with Gasteiger partial charge in [-0.25, -0.2) is 9.59 Å². The number of nitrogens with one attached hydrogen (secondary N) is 2. The molecule has 0 aliphatic rings. The van der Waals surface area contributed by atoms with Gasteiger partial charge in [-0.1, -0.05) is 85.1 Å². The van der Waals surface area contributed by atoms with Gasteiger partial charge in [0, 0.05) is 13.1 Å². The fourth-order valence-corrected chi connectivity index (χ4v) is 3.08. The Morgan fingerprint density at radius 2 is 1.07 bits per heavy atom. The van der Waals surface area contributed by atoms with Crippen LogP contribution in [0.5, 0.6) is 0 Å². The summed E-state index contributed by atoms with van der Waals surface area (Å²) < 4.78 is 11.4. The predicted molar refractivity (Wildman–Crippen MR) is 123 cm³/mol. The van der Waals surface area contributed by atoms with Crippen LogP contribution in [0.1, 0.15) is 37.2 Å². The minimum absolute atomic E-state index is 0.0419. The van der Waals surface area contributed by atoms with Crippen LogP contribution >= 0.6 is 24.4 Å². The fourth-order valence-electron chi connectivity index (χ4n) is 2.70. The molecule has 8 heteroatoms. The van der Waals surface area contributed by atoms with E-state index in [4.69, 9.17) is 33.9 Å². The second-order valence-corrected chi connectivity index (χ2v) is 7.01. The largest absolute Gasteiger partial charge is 0.448 e. The van der Waals surface area contributed by atoms with E-state index in [1.807, 2.05) is 50.2 Å². The monoisotopic (exact) mass is 444 g/mol. The van der Waals surface area contributed by atoms with Crippen LogP contribution in [0.2, 0.25) is 0 Å². The molecule has 0 spiro atoms. The molecule has 0 aromatic heterocycles. The van der Waals surface area contributed by atoms with Crippen molar-refractivity contribution in [3.05, 3.63) is 71.8 Å². The molecule has 0 amide bonds. The van der Waals surface area contributed by atoms with Crippen molar-refractivity contribution < 1.29 is 19.1 Å². The molecular weight excluding hydrogens is 420 g/mol. The first-order chi connectivity index (χ1) is 14.5. The smallest absolute Gasteiger partial charge is 0.366 e. The quantitative estimate of drug-likeness (QED) is 0.497. The van der Waals surface area contributed by atoms with Crippen molar-refractivity contribution in [1.82, 2.24) is 10.6 Å². The molecule has 0 fully saturated rings. The van der Waals surface area contributed by atoms with Gasteiger partial charge in [0.05, 0.1) is 0 Å². The van der Waals surface area contributed by atoms with Gasteiger partial charge in [0.2, 0.25) is 0 Å². The zero-order valence-corrected chi connectivity index (χ0v) is 18.4. The van der Waals surface area contributed by atoms with Crippen LogP contribution in [0, 0.1) is 0 Å². The first kappa shape index (κ1) is 23.4. The summed E-state index contributed by atoms with van der Waals surface area (Å²) in [6.07, 6.45) is -1.85. The lowest BCUT2D eigenvalue weighted by Crippen LogP contribution is -2.35. The number of hydrogen-bond acceptors (Lipinski definition) is 6. The Bertz CT molecular complexity index is 802. The predicted octanol–water partition coefficient (Wildman–Crippen LogP) is 3.43. The average molecular weight is 445 g/mol. The SMILES string of the molecule is CCNC(=S)C(=O)OC(c1ccccc1)C(OC(=O)C(=S)NCC)c1ccccc1. The van der Waals surface area contributed by atoms with Gasteiger partial charge in [-0.2, -0.15) is 0 Å². The third-order valence-corrected chi connectivity index (χ3v) is 4.67. The minimum Gasteiger partial charge on any atom is -0.448 e. The van der Waals surface area contributed by atoms with Crippen molar-refractivity contribution in [2.24, 2.45) is 0 Å². The van der Waals surface area contributed by atoms with Gasteiger partial charge in [-0.05, 0) is 25.0 Å². The minimum atomic E-state index is -0.925. The number of esters is 2. The molecular formula is C22H24N2O4S2. The van der Waals surface area contributed by atoms with E-state index >= 15 is 0 Å². The van der Waals surface area contributed by atoms with Gasteiger partial charge < -0.3 is 20.1 Å². The summed E-state index contributed by atoms with van der Waals surface area (Å²) in [5.41, 5.74) is 1.31. The zero-order valence-electron chi connectivity index (χ0n) is 16.8. The van der Waals surface area contributed by atoms with Crippen molar-refractivity contribution in [3.63, 3.8) is 0 Å². The van der Waals surface area contributed by atoms with Crippen LogP contribution < -0.4 is 10.6 Å². The van der Waals surface area contributed by atoms with E-state index in [0.29, 0.717) is 24.2 Å². The van der Waals surface area contributed by atoms with Crippen molar-refractivity contribution in [3.8, 4) is 0 Å². The summed E-state index contributed by atoms with van der Waals surface area (Å²) in [5.74, 6) is -1.40. The van der Waals surface area contributed by atoms with Gasteiger partial charge in [-0.3, -0.25) is 0 Å². The van der Waals surface area contributed by atoms with Crippen LogP contribution in [-0.4, -0.2) is 35.0 Å². The van der Waals surface area contributed by atoms with Crippen LogP contribution in [0.25, 0.3) is 0 Å². The van der Waals surface area contributed by atoms with Crippen LogP contribution in [0.4, 0.5) is 0 Å². The van der Waals surface area contributed by atoms with E-state index in [9.17, 15) is 9.59 Å². The number of thiocarbonyl (C=S) groups is 2. The Balaban J connectivity index is 2.43. The maximum atomic E-state index is 12.6. The van der Waals surface area contributed by atoms with Crippen molar-refractivity contribution >= 4 is 46.4 Å². The van der Waals surface area contributed by atoms with Crippen LogP contribution in [-0.2, 0) is 19.1 Å². The molecule has 0 aliphatic heterocycles. The van der Waals surface area contributed by atoms with E-state index in [1.54, 1.807) is 24.3 Å². The van der Waals surface area contributed by atoms with Gasteiger partial charge in [0.25, 0.3) is 0 Å². The molecule has 2 aromatic carbocycles. The van der Waals surface area contributed by atoms with E-state index < -0.39 is 24.1 Å². The number of likely N-dealkylation sites (N-methyl/N-ethyl adjacent to an activating group) is 2. The molecule has 158 valence electrons. The number of rotatable bonds is 7. The number of hydrogen-bond donors (Lipinski definition) is 2. The molecule has 2 atom stereocenters. The molecule has 2 N–H and O–H groups in total. The topological polar surface area (TPSA) is 76.7 Å². The summed E-state index contributed by atoms with van der Waals surface area (Å²) in [6, 6.07) is 18.1. The number of ether oxygens (including phenoxy) is 2. The molecule has 0 bridgehead atoms. The highest BCUT2D eigenvalue weighted by Crippen LogP contribution is 2.35. The van der Waals surface area contributed by atoms with Crippen molar-refractivity contribution in [2.75, 3.05) is 13.1 Å². The van der Waals surface area contributed by atoms with Crippen molar-refractivity contribution in [2.45, 2.75) is 26.1 Å². The molecule has 0 saturated heterocycles. The second kappa shape index (κ2) is 12.0. The first-order valence-corrected chi connectivity index (χ1v) is 10.4. The van der Waals surface area contributed by atoms with Gasteiger partial charge in [0.15, 0.2) is 22.2 Å². The Morgan fingerprint density at radius 1 is 0.733 bits per heavy atom. The molecule has 6 nitrogen and oxygen atoms in total. The third kappa shape index (κ3) is 6.60. The van der Waals surface area contributed by atoms with E-state index in [0.717, 1.165) is 0 Å². The Hall–Kier alpha value is -2.84. The Morgan fingerprint density at radius 3 is 1.37 bits per heavy atom. The van der Waals surface area contributed by atoms with Gasteiger partial charge >= 0.3 is 11.9 Å². The highest BCUT2D eigenvalue weighted by molar-refractivity contribution is 7.82. The summed E-state index contributed by atoms with van der Waals surface area (Å²) >= 11 is 10.2. The molecule has 2 unspecified atom stereocenters. The van der Waals surface area contributed by atoms with Crippen molar-refractivity contribution in [1.29, 1.82) is 0 Å². The molecule has 0 saturated carbocycles. The summed E-state index contributed by atoms with van der Waals surface area (Å²) in [6.45, 7) is 4.62. The van der Waals surface area contributed by atoms with Crippen LogP contribution in [0.15, 0.2) is 60.7 Å². The highest BCUT2D eigenvalue weighted by atomic mass is 32.1. The summed E-state index contributed by atoms with van der Waals surface area (Å²) in [7, 11) is 0. The normalized spacial score (nSPS) is 12.2. The summed E-state index contributed by atoms with van der Waals surface area (Å²) in [5, 5.41) is 5.55. The summed E-state index contributed by atoms with van der Waals surface area (Å²) in [4.78, 5) is 25.1. The number of benzene rings is 2. The standard InChI is InChI=1S/C22H24N2O4S2/c1-3-23-19(29)21(25)27-17(15-11-7-5-8-12-15)18(16-13-9-6-10-14-16)28-22(26)20(30)24-4-2/h5-14,17-18H,3-4H2,1-2H3,(H,23,29)(H,24,30). The third-order valence-electron chi connectivity index (χ3n) is 4.04. The Kier molecular flexibility index (Phi) is 9.37. The molecule has 0 heterocycles. The van der Waals surface area contributed by atoms with E-state index in [-0.39, 0.29) is 9.98 Å². The van der Waals surface area contributed by atoms with E-state index in [2.05, 4.69) is 10.6 Å². The first-order valence-electron chi connectivity index (χ1n) is 9.55. The van der Waals surface area contributed by atoms with Gasteiger partial charge in [0.1, 0.15) is 0 Å². The fraction of sp³-hybridized carbons (Fsp3) is 0.273. The number of carbonyl (C=O) groups is 2. The molecule has 0 radical (unpaired) electrons. The molecule has 2 aromatic rings. The second-order valence-electron chi connectivity index (χ2n) is 6.19. The molecule has 0 aliphatic carbocycles. The van der Waals surface area contributed by atoms with Crippen LogP contribution in [0.3, 0.4) is 0 Å². The number of carbonyl (C=O) groups excluding carboxylic acids is 2. The lowest BCUT2D eigenvalue weighted by molar-refractivity contribution is -0.160. The lowest BCUT2D eigenvalue weighted by atomic mass is 9.98. The molecule has 2 rings (SSSR count). The lowest BCUT2D eigenvalue weighted by Gasteiger charge is -2.28. The van der Waals surface area contributed by atoms with Gasteiger partial charge in [-0.15, -0.1) is 0 Å². The zero-order chi connectivity index (χ0) is 21.9. The van der Waals surface area contributed by atoms with E-state index in [1.165, 1.54) is 0 Å². The highest BCUT2D eigenvalue weighted by Gasteiger charge is 2.33. The maximum Gasteiger partial charge on any atom is 0.366 e. The molecule has 30 heavy (non-hydrogen) atoms. The average Bonchev–Trinajstić information content (AvgIpc) is 2.77. The maximum absolute atomic E-state index is 12.6. The Labute approximate surface area is 187 Å².